The van der Waals surface area contributed by atoms with Crippen molar-refractivity contribution in [3.8, 4) is 0 Å². The Hall–Kier alpha value is -2.65. The van der Waals surface area contributed by atoms with Crippen LogP contribution in [0.25, 0.3) is 11.0 Å². The Morgan fingerprint density at radius 1 is 1.14 bits per heavy atom. The number of hydrogen-bond donors (Lipinski definition) is 2. The van der Waals surface area contributed by atoms with Crippen LogP contribution in [0, 0.1) is 6.92 Å². The fourth-order valence-electron chi connectivity index (χ4n) is 3.73. The van der Waals surface area contributed by atoms with E-state index < -0.39 is 9.84 Å². The van der Waals surface area contributed by atoms with Gasteiger partial charge in [-0.1, -0.05) is 18.2 Å². The van der Waals surface area contributed by atoms with Gasteiger partial charge in [-0.05, 0) is 32.9 Å². The molecule has 148 valence electrons. The number of nitrogens with two attached hydrogens (primary N) is 1. The van der Waals surface area contributed by atoms with E-state index in [0.717, 1.165) is 0 Å². The molecule has 4 rings (SSSR count). The number of nitrogens with one attached hydrogen (secondary N) is 1. The summed E-state index contributed by atoms with van der Waals surface area (Å²) >= 11 is 0. The molecule has 1 aromatic carbocycles. The van der Waals surface area contributed by atoms with Crippen LogP contribution in [0.3, 0.4) is 0 Å². The SMILES string of the molecule is Cc1nc(N2C[C@H](C)O[C@@H](C)C2)c2[nH]c(N)c(S(=O)(=O)c3ccccc3)c2n1. The van der Waals surface area contributed by atoms with Crippen molar-refractivity contribution in [1.29, 1.82) is 0 Å². The summed E-state index contributed by atoms with van der Waals surface area (Å²) in [5.74, 6) is 1.19. The van der Waals surface area contributed by atoms with Crippen LogP contribution in [0.1, 0.15) is 19.7 Å². The van der Waals surface area contributed by atoms with Crippen molar-refractivity contribution in [1.82, 2.24) is 15.0 Å². The number of nitrogens with zero attached hydrogens (tertiary/aromatic N) is 3. The molecule has 3 N–H and O–H groups in total. The lowest BCUT2D eigenvalue weighted by Crippen LogP contribution is -2.46. The number of sulfone groups is 1. The van der Waals surface area contributed by atoms with Gasteiger partial charge in [0.2, 0.25) is 9.84 Å². The number of H-pyrrole nitrogens is 1. The highest BCUT2D eigenvalue weighted by molar-refractivity contribution is 7.92. The van der Waals surface area contributed by atoms with Crippen LogP contribution in [0.4, 0.5) is 11.6 Å². The summed E-state index contributed by atoms with van der Waals surface area (Å²) in [6, 6.07) is 8.23. The summed E-state index contributed by atoms with van der Waals surface area (Å²) in [5.41, 5.74) is 6.98. The zero-order chi connectivity index (χ0) is 20.1. The number of fused-ring (bicyclic) bond motifs is 1. The van der Waals surface area contributed by atoms with Crippen LogP contribution in [-0.4, -0.2) is 48.7 Å². The van der Waals surface area contributed by atoms with Gasteiger partial charge in [0.1, 0.15) is 27.6 Å². The maximum Gasteiger partial charge on any atom is 0.212 e. The first-order valence-electron chi connectivity index (χ1n) is 9.13. The van der Waals surface area contributed by atoms with Crippen LogP contribution in [-0.2, 0) is 14.6 Å². The largest absolute Gasteiger partial charge is 0.384 e. The molecule has 3 aromatic rings. The van der Waals surface area contributed by atoms with Gasteiger partial charge in [-0.15, -0.1) is 0 Å². The lowest BCUT2D eigenvalue weighted by atomic mass is 10.2. The summed E-state index contributed by atoms with van der Waals surface area (Å²) in [7, 11) is -3.83. The Bertz CT molecular complexity index is 1120. The summed E-state index contributed by atoms with van der Waals surface area (Å²) in [6.07, 6.45) is 0.0720. The lowest BCUT2D eigenvalue weighted by Gasteiger charge is -2.36. The Morgan fingerprint density at radius 2 is 1.79 bits per heavy atom. The molecule has 0 bridgehead atoms. The Balaban J connectivity index is 1.92. The van der Waals surface area contributed by atoms with Gasteiger partial charge in [0.05, 0.1) is 17.1 Å². The monoisotopic (exact) mass is 401 g/mol. The van der Waals surface area contributed by atoms with Gasteiger partial charge in [-0.2, -0.15) is 0 Å². The molecule has 8 nitrogen and oxygen atoms in total. The normalized spacial score (nSPS) is 20.6. The van der Waals surface area contributed by atoms with E-state index in [-0.39, 0.29) is 27.8 Å². The fourth-order valence-corrected chi connectivity index (χ4v) is 5.22. The van der Waals surface area contributed by atoms with Gasteiger partial charge in [0.15, 0.2) is 5.82 Å². The molecule has 0 amide bonds. The van der Waals surface area contributed by atoms with Crippen LogP contribution in [0.2, 0.25) is 0 Å². The van der Waals surface area contributed by atoms with Crippen LogP contribution in [0.15, 0.2) is 40.1 Å². The van der Waals surface area contributed by atoms with E-state index in [1.54, 1.807) is 37.3 Å². The van der Waals surface area contributed by atoms with Gasteiger partial charge >= 0.3 is 0 Å². The lowest BCUT2D eigenvalue weighted by molar-refractivity contribution is -0.00539. The van der Waals surface area contributed by atoms with Gasteiger partial charge in [0, 0.05) is 13.1 Å². The predicted octanol–water partition coefficient (Wildman–Crippen LogP) is 2.29. The van der Waals surface area contributed by atoms with Crippen molar-refractivity contribution in [3.05, 3.63) is 36.2 Å². The highest BCUT2D eigenvalue weighted by Crippen LogP contribution is 2.36. The molecule has 0 radical (unpaired) electrons. The number of benzene rings is 1. The first-order valence-corrected chi connectivity index (χ1v) is 10.6. The Morgan fingerprint density at radius 3 is 2.43 bits per heavy atom. The number of hydrogen-bond acceptors (Lipinski definition) is 7. The quantitative estimate of drug-likeness (QED) is 0.692. The molecule has 1 fully saturated rings. The molecule has 1 saturated heterocycles. The molecule has 0 saturated carbocycles. The molecule has 1 aliphatic heterocycles. The molecule has 2 aromatic heterocycles. The van der Waals surface area contributed by atoms with Gasteiger partial charge in [-0.25, -0.2) is 18.4 Å². The van der Waals surface area contributed by atoms with E-state index in [1.165, 1.54) is 0 Å². The summed E-state index contributed by atoms with van der Waals surface area (Å²) in [6.45, 7) is 7.05. The van der Waals surface area contributed by atoms with Crippen molar-refractivity contribution in [2.45, 2.75) is 42.8 Å². The average molecular weight is 401 g/mol. The van der Waals surface area contributed by atoms with Crippen molar-refractivity contribution in [2.75, 3.05) is 23.7 Å². The van der Waals surface area contributed by atoms with Crippen LogP contribution >= 0.6 is 0 Å². The third-order valence-corrected chi connectivity index (χ3v) is 6.61. The minimum Gasteiger partial charge on any atom is -0.384 e. The number of ether oxygens (including phenoxy) is 1. The molecule has 3 heterocycles. The zero-order valence-electron chi connectivity index (χ0n) is 16.0. The van der Waals surface area contributed by atoms with Crippen molar-refractivity contribution in [3.63, 3.8) is 0 Å². The van der Waals surface area contributed by atoms with Crippen LogP contribution < -0.4 is 10.6 Å². The third-order valence-electron chi connectivity index (χ3n) is 4.76. The summed E-state index contributed by atoms with van der Waals surface area (Å²) in [4.78, 5) is 14.3. The second-order valence-electron chi connectivity index (χ2n) is 7.16. The zero-order valence-corrected chi connectivity index (χ0v) is 16.8. The number of nitrogen functional groups attached to an aromatic ring is 1. The molecule has 28 heavy (non-hydrogen) atoms. The highest BCUT2D eigenvalue weighted by Gasteiger charge is 2.31. The second-order valence-corrected chi connectivity index (χ2v) is 9.05. The smallest absolute Gasteiger partial charge is 0.212 e. The molecule has 0 spiro atoms. The number of rotatable bonds is 3. The molecule has 1 aliphatic rings. The topological polar surface area (TPSA) is 114 Å². The highest BCUT2D eigenvalue weighted by atomic mass is 32.2. The van der Waals surface area contributed by atoms with Crippen molar-refractivity contribution >= 4 is 32.5 Å². The first kappa shape index (κ1) is 18.7. The molecule has 2 atom stereocenters. The summed E-state index contributed by atoms with van der Waals surface area (Å²) < 4.78 is 32.3. The van der Waals surface area contributed by atoms with E-state index in [1.807, 2.05) is 13.8 Å². The minimum absolute atomic E-state index is 0.00481. The number of anilines is 2. The Labute approximate surface area is 163 Å². The number of morpholine rings is 1. The van der Waals surface area contributed by atoms with Gasteiger partial charge in [0.25, 0.3) is 0 Å². The third kappa shape index (κ3) is 3.10. The molecule has 0 aliphatic carbocycles. The van der Waals surface area contributed by atoms with Crippen molar-refractivity contribution < 1.29 is 13.2 Å². The number of aromatic nitrogens is 3. The van der Waals surface area contributed by atoms with E-state index in [4.69, 9.17) is 10.5 Å². The average Bonchev–Trinajstić information content (AvgIpc) is 2.97. The predicted molar refractivity (Wildman–Crippen MR) is 107 cm³/mol. The van der Waals surface area contributed by atoms with E-state index in [2.05, 4.69) is 19.9 Å². The van der Waals surface area contributed by atoms with Gasteiger partial charge < -0.3 is 20.4 Å². The number of aromatic amines is 1. The Kier molecular flexibility index (Phi) is 4.51. The van der Waals surface area contributed by atoms with Gasteiger partial charge in [-0.3, -0.25) is 0 Å². The fraction of sp³-hybridized carbons (Fsp3) is 0.368. The molecule has 9 heteroatoms. The van der Waals surface area contributed by atoms with E-state index >= 15 is 0 Å². The second kappa shape index (κ2) is 6.75. The number of aryl methyl sites for hydroxylation is 1. The minimum atomic E-state index is -3.83. The maximum atomic E-state index is 13.2. The van der Waals surface area contributed by atoms with E-state index in [9.17, 15) is 8.42 Å². The molecular weight excluding hydrogens is 378 g/mol. The van der Waals surface area contributed by atoms with Crippen molar-refractivity contribution in [2.24, 2.45) is 0 Å². The van der Waals surface area contributed by atoms with E-state index in [0.29, 0.717) is 35.8 Å². The molecule has 0 unspecified atom stereocenters. The maximum absolute atomic E-state index is 13.2. The first-order chi connectivity index (χ1) is 13.3. The molecular formula is C19H23N5O3S. The standard InChI is InChI=1S/C19H23N5O3S/c1-11-9-24(10-12(2)27-11)19-16-15(21-13(3)22-19)17(18(20)23-16)28(25,26)14-7-5-4-6-8-14/h4-8,11-12,23H,9-10,20H2,1-3H3/t11-,12-/m0/s1. The van der Waals surface area contributed by atoms with Crippen LogP contribution in [0.5, 0.6) is 0 Å². The summed E-state index contributed by atoms with van der Waals surface area (Å²) in [5, 5.41) is 0.